The highest BCUT2D eigenvalue weighted by Crippen LogP contribution is 2.31. The van der Waals surface area contributed by atoms with E-state index in [0.29, 0.717) is 48.7 Å². The molecular formula is C29H35FN4O4. The van der Waals surface area contributed by atoms with Crippen molar-refractivity contribution in [3.63, 3.8) is 0 Å². The molecule has 38 heavy (non-hydrogen) atoms. The number of aliphatic hydroxyl groups is 1. The number of carbonyl (C=O) groups excluding carboxylic acids is 1. The fourth-order valence-electron chi connectivity index (χ4n) is 4.27. The first kappa shape index (κ1) is 27.4. The minimum atomic E-state index is -0.989. The van der Waals surface area contributed by atoms with Crippen LogP contribution in [0, 0.1) is 5.82 Å². The van der Waals surface area contributed by atoms with E-state index in [1.54, 1.807) is 35.2 Å². The summed E-state index contributed by atoms with van der Waals surface area (Å²) < 4.78 is 24.7. The van der Waals surface area contributed by atoms with E-state index in [2.05, 4.69) is 5.32 Å². The molecule has 0 spiro atoms. The predicted molar refractivity (Wildman–Crippen MR) is 147 cm³/mol. The van der Waals surface area contributed by atoms with Crippen molar-refractivity contribution in [1.29, 1.82) is 0 Å². The van der Waals surface area contributed by atoms with E-state index in [1.807, 2.05) is 49.9 Å². The molecule has 0 saturated carbocycles. The van der Waals surface area contributed by atoms with Gasteiger partial charge in [-0.15, -0.1) is 0 Å². The monoisotopic (exact) mass is 522 g/mol. The molecule has 9 heteroatoms. The van der Waals surface area contributed by atoms with Gasteiger partial charge in [-0.25, -0.2) is 4.39 Å². The van der Waals surface area contributed by atoms with Crippen LogP contribution >= 0.6 is 0 Å². The topological polar surface area (TPSA) is 100 Å². The highest BCUT2D eigenvalue weighted by molar-refractivity contribution is 5.94. The summed E-state index contributed by atoms with van der Waals surface area (Å²) in [4.78, 5) is 16.6. The van der Waals surface area contributed by atoms with Gasteiger partial charge in [0.2, 0.25) is 6.41 Å². The molecule has 202 valence electrons. The molecule has 1 amide bonds. The molecule has 8 nitrogen and oxygen atoms in total. The lowest BCUT2D eigenvalue weighted by Gasteiger charge is -2.38. The van der Waals surface area contributed by atoms with E-state index in [1.165, 1.54) is 13.2 Å². The SMILES string of the molecule is COc1ccc(-c2ccc(Nc3ccc(C(=O)N4CCN(C(O)OC(C)(C)C)CC4)cc3)c(N)c2)cc1F. The van der Waals surface area contributed by atoms with Gasteiger partial charge in [0, 0.05) is 37.4 Å². The van der Waals surface area contributed by atoms with E-state index < -0.39 is 17.8 Å². The summed E-state index contributed by atoms with van der Waals surface area (Å²) in [6, 6.07) is 17.5. The number of piperazine rings is 1. The van der Waals surface area contributed by atoms with Gasteiger partial charge in [0.15, 0.2) is 11.6 Å². The van der Waals surface area contributed by atoms with Crippen molar-refractivity contribution >= 4 is 23.0 Å². The Balaban J connectivity index is 1.35. The van der Waals surface area contributed by atoms with Crippen LogP contribution in [-0.2, 0) is 4.74 Å². The molecule has 1 atom stereocenters. The zero-order chi connectivity index (χ0) is 27.4. The van der Waals surface area contributed by atoms with Crippen molar-refractivity contribution in [2.24, 2.45) is 0 Å². The number of hydrogen-bond acceptors (Lipinski definition) is 7. The highest BCUT2D eigenvalue weighted by atomic mass is 19.1. The summed E-state index contributed by atoms with van der Waals surface area (Å²) in [5, 5.41) is 13.6. The number of carbonyl (C=O) groups is 1. The number of halogens is 1. The van der Waals surface area contributed by atoms with Gasteiger partial charge >= 0.3 is 0 Å². The molecule has 3 aromatic carbocycles. The normalized spacial score (nSPS) is 15.3. The van der Waals surface area contributed by atoms with Crippen LogP contribution in [0.1, 0.15) is 31.1 Å². The van der Waals surface area contributed by atoms with E-state index in [9.17, 15) is 14.3 Å². The second-order valence-electron chi connectivity index (χ2n) is 10.2. The third-order valence-corrected chi connectivity index (χ3v) is 6.32. The maximum atomic E-state index is 14.1. The van der Waals surface area contributed by atoms with Crippen molar-refractivity contribution in [1.82, 2.24) is 9.80 Å². The number of nitrogen functional groups attached to an aromatic ring is 1. The molecule has 1 aliphatic rings. The van der Waals surface area contributed by atoms with Gasteiger partial charge in [0.1, 0.15) is 0 Å². The van der Waals surface area contributed by atoms with Gasteiger partial charge in [0.05, 0.1) is 24.1 Å². The molecule has 0 aliphatic carbocycles. The maximum Gasteiger partial charge on any atom is 0.253 e. The van der Waals surface area contributed by atoms with Crippen molar-refractivity contribution in [2.75, 3.05) is 44.3 Å². The second kappa shape index (κ2) is 11.4. The summed E-state index contributed by atoms with van der Waals surface area (Å²) in [5.74, 6) is -0.304. The quantitative estimate of drug-likeness (QED) is 0.306. The van der Waals surface area contributed by atoms with Gasteiger partial charge in [0.25, 0.3) is 5.91 Å². The van der Waals surface area contributed by atoms with Gasteiger partial charge < -0.3 is 30.5 Å². The molecule has 0 radical (unpaired) electrons. The Morgan fingerprint density at radius 2 is 1.63 bits per heavy atom. The Morgan fingerprint density at radius 1 is 1.00 bits per heavy atom. The van der Waals surface area contributed by atoms with Crippen LogP contribution in [0.15, 0.2) is 60.7 Å². The average molecular weight is 523 g/mol. The molecule has 3 aromatic rings. The lowest BCUT2D eigenvalue weighted by molar-refractivity contribution is -0.243. The number of rotatable bonds is 7. The number of ether oxygens (including phenoxy) is 2. The first-order valence-corrected chi connectivity index (χ1v) is 12.5. The zero-order valence-electron chi connectivity index (χ0n) is 22.2. The number of aliphatic hydroxyl groups excluding tert-OH is 1. The standard InChI is InChI=1S/C29H35FN4O4/c1-29(2,3)38-28(36)34-15-13-33(14-16-34)27(35)19-5-9-22(10-6-19)32-25-11-7-21(18-24(25)31)20-8-12-26(37-4)23(30)17-20/h5-12,17-18,28,32,36H,13-16,31H2,1-4H3. The lowest BCUT2D eigenvalue weighted by atomic mass is 10.0. The average Bonchev–Trinajstić information content (AvgIpc) is 2.89. The molecule has 1 saturated heterocycles. The molecule has 1 aliphatic heterocycles. The van der Waals surface area contributed by atoms with Crippen molar-refractivity contribution in [3.05, 3.63) is 72.0 Å². The number of amides is 1. The van der Waals surface area contributed by atoms with Crippen LogP contribution in [0.25, 0.3) is 11.1 Å². The van der Waals surface area contributed by atoms with Crippen LogP contribution in [0.3, 0.4) is 0 Å². The fraction of sp³-hybridized carbons (Fsp3) is 0.345. The third kappa shape index (κ3) is 6.61. The number of anilines is 3. The molecule has 4 N–H and O–H groups in total. The van der Waals surface area contributed by atoms with Gasteiger partial charge in [-0.1, -0.05) is 12.1 Å². The number of hydrogen-bond donors (Lipinski definition) is 3. The number of nitrogens with two attached hydrogens (primary N) is 1. The van der Waals surface area contributed by atoms with E-state index in [4.69, 9.17) is 15.2 Å². The third-order valence-electron chi connectivity index (χ3n) is 6.32. The van der Waals surface area contributed by atoms with Crippen molar-refractivity contribution in [3.8, 4) is 16.9 Å². The van der Waals surface area contributed by atoms with Gasteiger partial charge in [-0.3, -0.25) is 9.69 Å². The fourth-order valence-corrected chi connectivity index (χ4v) is 4.27. The Kier molecular flexibility index (Phi) is 8.20. The smallest absolute Gasteiger partial charge is 0.253 e. The Labute approximate surface area is 222 Å². The van der Waals surface area contributed by atoms with Crippen LogP contribution in [0.4, 0.5) is 21.5 Å². The largest absolute Gasteiger partial charge is 0.494 e. The van der Waals surface area contributed by atoms with E-state index >= 15 is 0 Å². The minimum Gasteiger partial charge on any atom is -0.494 e. The van der Waals surface area contributed by atoms with Gasteiger partial charge in [-0.05, 0) is 80.4 Å². The molecule has 0 aromatic heterocycles. The first-order valence-electron chi connectivity index (χ1n) is 12.5. The summed E-state index contributed by atoms with van der Waals surface area (Å²) in [7, 11) is 1.43. The maximum absolute atomic E-state index is 14.1. The van der Waals surface area contributed by atoms with Crippen LogP contribution in [0.5, 0.6) is 5.75 Å². The van der Waals surface area contributed by atoms with Gasteiger partial charge in [-0.2, -0.15) is 0 Å². The molecule has 1 heterocycles. The van der Waals surface area contributed by atoms with Crippen molar-refractivity contribution in [2.45, 2.75) is 32.8 Å². The minimum absolute atomic E-state index is 0.0574. The summed E-state index contributed by atoms with van der Waals surface area (Å²) >= 11 is 0. The number of benzene rings is 3. The second-order valence-corrected chi connectivity index (χ2v) is 10.2. The summed E-state index contributed by atoms with van der Waals surface area (Å²) in [6.07, 6.45) is -0.989. The Bertz CT molecular complexity index is 1270. The highest BCUT2D eigenvalue weighted by Gasteiger charge is 2.28. The Morgan fingerprint density at radius 3 is 2.21 bits per heavy atom. The van der Waals surface area contributed by atoms with Crippen LogP contribution < -0.4 is 15.8 Å². The molecule has 1 unspecified atom stereocenters. The summed E-state index contributed by atoms with van der Waals surface area (Å²) in [5.41, 5.74) is 9.87. The zero-order valence-corrected chi connectivity index (χ0v) is 22.2. The Hall–Kier alpha value is -3.66. The number of methoxy groups -OCH3 is 1. The van der Waals surface area contributed by atoms with Crippen LogP contribution in [0.2, 0.25) is 0 Å². The molecule has 1 fully saturated rings. The van der Waals surface area contributed by atoms with Crippen LogP contribution in [-0.4, -0.2) is 66.1 Å². The summed E-state index contributed by atoms with van der Waals surface area (Å²) in [6.45, 7) is 7.74. The van der Waals surface area contributed by atoms with E-state index in [-0.39, 0.29) is 11.7 Å². The molecule has 4 rings (SSSR count). The predicted octanol–water partition coefficient (Wildman–Crippen LogP) is 4.68. The first-order chi connectivity index (χ1) is 18.0. The molecule has 0 bridgehead atoms. The van der Waals surface area contributed by atoms with E-state index in [0.717, 1.165) is 11.3 Å². The number of nitrogens with one attached hydrogen (secondary N) is 1. The number of nitrogens with zero attached hydrogens (tertiary/aromatic N) is 2. The lowest BCUT2D eigenvalue weighted by Crippen LogP contribution is -2.53. The van der Waals surface area contributed by atoms with Crippen molar-refractivity contribution < 1.29 is 23.8 Å². The molecular weight excluding hydrogens is 487 g/mol.